The summed E-state index contributed by atoms with van der Waals surface area (Å²) in [5.41, 5.74) is 9.30. The third kappa shape index (κ3) is 5.20. The smallest absolute Gasteiger partial charge is 0.251 e. The van der Waals surface area contributed by atoms with Crippen LogP contribution in [-0.4, -0.2) is 11.8 Å². The van der Waals surface area contributed by atoms with Crippen LogP contribution in [0.5, 0.6) is 0 Å². The van der Waals surface area contributed by atoms with E-state index in [9.17, 15) is 9.59 Å². The van der Waals surface area contributed by atoms with Crippen LogP contribution in [0.4, 0.5) is 11.4 Å². The van der Waals surface area contributed by atoms with Gasteiger partial charge in [0, 0.05) is 16.9 Å². The van der Waals surface area contributed by atoms with Crippen LogP contribution in [-0.2, 0) is 11.2 Å². The Morgan fingerprint density at radius 3 is 2.36 bits per heavy atom. The Morgan fingerprint density at radius 1 is 0.929 bits per heavy atom. The van der Waals surface area contributed by atoms with Crippen LogP contribution in [0.15, 0.2) is 78.9 Å². The maximum Gasteiger partial charge on any atom is 0.251 e. The Morgan fingerprint density at radius 2 is 1.64 bits per heavy atom. The minimum absolute atomic E-state index is 0.113. The summed E-state index contributed by atoms with van der Waals surface area (Å²) in [5.74, 6) is -0.342. The molecule has 0 saturated carbocycles. The highest BCUT2D eigenvalue weighted by atomic mass is 16.2. The van der Waals surface area contributed by atoms with Gasteiger partial charge in [0.1, 0.15) is 0 Å². The summed E-state index contributed by atoms with van der Waals surface area (Å²) < 4.78 is 0. The van der Waals surface area contributed by atoms with Crippen molar-refractivity contribution in [3.8, 4) is 0 Å². The molecule has 0 aliphatic heterocycles. The van der Waals surface area contributed by atoms with Crippen molar-refractivity contribution in [3.63, 3.8) is 0 Å². The fourth-order valence-electron chi connectivity index (χ4n) is 2.87. The monoisotopic (exact) mass is 373 g/mol. The van der Waals surface area contributed by atoms with Gasteiger partial charge in [0.2, 0.25) is 5.91 Å². The third-order valence-corrected chi connectivity index (χ3v) is 4.40. The highest BCUT2D eigenvalue weighted by molar-refractivity contribution is 5.97. The van der Waals surface area contributed by atoms with E-state index in [1.165, 1.54) is 0 Å². The summed E-state index contributed by atoms with van der Waals surface area (Å²) >= 11 is 0. The number of nitrogens with two attached hydrogens (primary N) is 1. The SMILES string of the molecule is CC(NC(=O)c1cccc(NC(=O)Cc2ccc(N)cc2)c1)c1ccccc1. The molecule has 2 amide bonds. The second-order valence-corrected chi connectivity index (χ2v) is 6.65. The van der Waals surface area contributed by atoms with Crippen LogP contribution < -0.4 is 16.4 Å². The molecule has 3 aromatic carbocycles. The van der Waals surface area contributed by atoms with E-state index in [0.717, 1.165) is 11.1 Å². The molecule has 0 spiro atoms. The maximum absolute atomic E-state index is 12.6. The summed E-state index contributed by atoms with van der Waals surface area (Å²) in [6, 6.07) is 23.7. The fraction of sp³-hybridized carbons (Fsp3) is 0.130. The number of rotatable bonds is 6. The normalized spacial score (nSPS) is 11.5. The molecule has 0 aliphatic carbocycles. The zero-order valence-corrected chi connectivity index (χ0v) is 15.7. The summed E-state index contributed by atoms with van der Waals surface area (Å²) in [7, 11) is 0. The maximum atomic E-state index is 12.6. The molecule has 142 valence electrons. The molecule has 0 aromatic heterocycles. The first kappa shape index (κ1) is 19.2. The van der Waals surface area contributed by atoms with Crippen LogP contribution in [0.1, 0.15) is 34.5 Å². The topological polar surface area (TPSA) is 84.2 Å². The van der Waals surface area contributed by atoms with Gasteiger partial charge in [0.05, 0.1) is 12.5 Å². The molecular weight excluding hydrogens is 350 g/mol. The summed E-state index contributed by atoms with van der Waals surface area (Å²) in [6.07, 6.45) is 0.238. The highest BCUT2D eigenvalue weighted by Crippen LogP contribution is 2.15. The lowest BCUT2D eigenvalue weighted by Gasteiger charge is -2.15. The van der Waals surface area contributed by atoms with Gasteiger partial charge < -0.3 is 16.4 Å². The Balaban J connectivity index is 1.62. The lowest BCUT2D eigenvalue weighted by molar-refractivity contribution is -0.115. The van der Waals surface area contributed by atoms with Crippen molar-refractivity contribution in [2.45, 2.75) is 19.4 Å². The minimum Gasteiger partial charge on any atom is -0.399 e. The number of hydrogen-bond acceptors (Lipinski definition) is 3. The number of amides is 2. The lowest BCUT2D eigenvalue weighted by Crippen LogP contribution is -2.26. The zero-order valence-electron chi connectivity index (χ0n) is 15.7. The first-order valence-electron chi connectivity index (χ1n) is 9.11. The molecule has 0 bridgehead atoms. The number of anilines is 2. The highest BCUT2D eigenvalue weighted by Gasteiger charge is 2.12. The van der Waals surface area contributed by atoms with E-state index in [-0.39, 0.29) is 24.3 Å². The molecule has 0 fully saturated rings. The van der Waals surface area contributed by atoms with Gasteiger partial charge in [-0.25, -0.2) is 0 Å². The molecule has 28 heavy (non-hydrogen) atoms. The van der Waals surface area contributed by atoms with Crippen LogP contribution in [0.2, 0.25) is 0 Å². The molecule has 0 radical (unpaired) electrons. The Labute approximate surface area is 164 Å². The Kier molecular flexibility index (Phi) is 6.07. The Hall–Kier alpha value is -3.60. The molecule has 3 aromatic rings. The van der Waals surface area contributed by atoms with Crippen molar-refractivity contribution in [3.05, 3.63) is 95.6 Å². The number of nitrogens with one attached hydrogen (secondary N) is 2. The fourth-order valence-corrected chi connectivity index (χ4v) is 2.87. The van der Waals surface area contributed by atoms with Crippen LogP contribution in [0, 0.1) is 0 Å². The van der Waals surface area contributed by atoms with Crippen LogP contribution >= 0.6 is 0 Å². The molecule has 4 N–H and O–H groups in total. The molecule has 5 nitrogen and oxygen atoms in total. The number of benzene rings is 3. The van der Waals surface area contributed by atoms with E-state index in [0.29, 0.717) is 16.9 Å². The van der Waals surface area contributed by atoms with Crippen molar-refractivity contribution in [2.75, 3.05) is 11.1 Å². The Bertz CT molecular complexity index is 953. The average Bonchev–Trinajstić information content (AvgIpc) is 2.70. The van der Waals surface area contributed by atoms with E-state index in [2.05, 4.69) is 10.6 Å². The number of carbonyl (C=O) groups excluding carboxylic acids is 2. The van der Waals surface area contributed by atoms with Gasteiger partial charge in [0.15, 0.2) is 0 Å². The molecular formula is C23H23N3O2. The van der Waals surface area contributed by atoms with Crippen molar-refractivity contribution >= 4 is 23.2 Å². The largest absolute Gasteiger partial charge is 0.399 e. The number of carbonyl (C=O) groups is 2. The van der Waals surface area contributed by atoms with Crippen molar-refractivity contribution in [1.82, 2.24) is 5.32 Å². The average molecular weight is 373 g/mol. The van der Waals surface area contributed by atoms with Crippen molar-refractivity contribution in [1.29, 1.82) is 0 Å². The van der Waals surface area contributed by atoms with E-state index < -0.39 is 0 Å². The zero-order chi connectivity index (χ0) is 19.9. The van der Waals surface area contributed by atoms with Gasteiger partial charge in [-0.05, 0) is 48.4 Å². The first-order chi connectivity index (χ1) is 13.5. The molecule has 0 aliphatic rings. The van der Waals surface area contributed by atoms with Crippen LogP contribution in [0.25, 0.3) is 0 Å². The van der Waals surface area contributed by atoms with Gasteiger partial charge in [-0.3, -0.25) is 9.59 Å². The molecule has 3 rings (SSSR count). The van der Waals surface area contributed by atoms with Gasteiger partial charge >= 0.3 is 0 Å². The molecule has 5 heteroatoms. The van der Waals surface area contributed by atoms with Gasteiger partial charge in [-0.15, -0.1) is 0 Å². The summed E-state index contributed by atoms with van der Waals surface area (Å²) in [4.78, 5) is 24.8. The van der Waals surface area contributed by atoms with E-state index in [1.54, 1.807) is 36.4 Å². The quantitative estimate of drug-likeness (QED) is 0.572. The summed E-state index contributed by atoms with van der Waals surface area (Å²) in [6.45, 7) is 1.94. The van der Waals surface area contributed by atoms with Gasteiger partial charge in [-0.2, -0.15) is 0 Å². The minimum atomic E-state index is -0.189. The number of nitrogen functional groups attached to an aromatic ring is 1. The standard InChI is InChI=1S/C23H23N3O2/c1-16(18-6-3-2-4-7-18)25-23(28)19-8-5-9-21(15-19)26-22(27)14-17-10-12-20(24)13-11-17/h2-13,15-16H,14,24H2,1H3,(H,25,28)(H,26,27). The third-order valence-electron chi connectivity index (χ3n) is 4.40. The predicted molar refractivity (Wildman–Crippen MR) is 112 cm³/mol. The van der Waals surface area contributed by atoms with Crippen molar-refractivity contribution < 1.29 is 9.59 Å². The second kappa shape index (κ2) is 8.86. The molecule has 0 heterocycles. The predicted octanol–water partition coefficient (Wildman–Crippen LogP) is 3.94. The number of hydrogen-bond donors (Lipinski definition) is 3. The van der Waals surface area contributed by atoms with Gasteiger partial charge in [0.25, 0.3) is 5.91 Å². The van der Waals surface area contributed by atoms with E-state index in [4.69, 9.17) is 5.73 Å². The van der Waals surface area contributed by atoms with E-state index >= 15 is 0 Å². The van der Waals surface area contributed by atoms with Crippen LogP contribution in [0.3, 0.4) is 0 Å². The second-order valence-electron chi connectivity index (χ2n) is 6.65. The lowest BCUT2D eigenvalue weighted by atomic mass is 10.1. The van der Waals surface area contributed by atoms with Gasteiger partial charge in [-0.1, -0.05) is 48.5 Å². The molecule has 1 unspecified atom stereocenters. The van der Waals surface area contributed by atoms with Crippen molar-refractivity contribution in [2.24, 2.45) is 0 Å². The van der Waals surface area contributed by atoms with E-state index in [1.807, 2.05) is 49.4 Å². The molecule has 0 saturated heterocycles. The first-order valence-corrected chi connectivity index (χ1v) is 9.11. The summed E-state index contributed by atoms with van der Waals surface area (Å²) in [5, 5.41) is 5.81. The molecule has 1 atom stereocenters.